The molecular weight excluding hydrogens is 471 g/mol. The van der Waals surface area contributed by atoms with Crippen LogP contribution in [0.25, 0.3) is 0 Å². The molecule has 0 aromatic heterocycles. The van der Waals surface area contributed by atoms with Crippen LogP contribution in [-0.2, 0) is 4.74 Å². The number of guanidine groups is 1. The molecule has 1 aromatic rings. The van der Waals surface area contributed by atoms with Crippen molar-refractivity contribution in [2.24, 2.45) is 10.7 Å². The molecule has 0 saturated carbocycles. The van der Waals surface area contributed by atoms with Crippen molar-refractivity contribution in [2.75, 3.05) is 26.2 Å². The third-order valence-electron chi connectivity index (χ3n) is 4.59. The lowest BCUT2D eigenvalue weighted by atomic mass is 10.1. The van der Waals surface area contributed by atoms with Crippen LogP contribution in [0.5, 0.6) is 5.75 Å². The summed E-state index contributed by atoms with van der Waals surface area (Å²) in [7, 11) is 0. The molecule has 1 saturated heterocycles. The number of amides is 1. The zero-order chi connectivity index (χ0) is 19.6. The molecule has 1 unspecified atom stereocenters. The standard InChI is InChI=1S/C20H32N4O3.HI/c1-4-17(27-18-8-6-7-15(3)13-18)14-22-19(21)23-16-9-11-24(12-10-16)20(25)26-5-2;/h6-8,13,16-17H,4-5,9-12,14H2,1-3H3,(H3,21,22,23);1H. The van der Waals surface area contributed by atoms with Crippen LogP contribution in [0.3, 0.4) is 0 Å². The molecule has 0 spiro atoms. The molecular formula is C20H33IN4O3. The number of rotatable bonds is 7. The Morgan fingerprint density at radius 2 is 2.07 bits per heavy atom. The topological polar surface area (TPSA) is 89.2 Å². The number of aliphatic imine (C=N–C) groups is 1. The van der Waals surface area contributed by atoms with Crippen molar-refractivity contribution in [3.05, 3.63) is 29.8 Å². The molecule has 158 valence electrons. The number of hydrogen-bond acceptors (Lipinski definition) is 4. The van der Waals surface area contributed by atoms with Crippen molar-refractivity contribution in [2.45, 2.75) is 52.2 Å². The second-order valence-electron chi connectivity index (χ2n) is 6.80. The first-order valence-electron chi connectivity index (χ1n) is 9.73. The van der Waals surface area contributed by atoms with Crippen LogP contribution < -0.4 is 15.8 Å². The van der Waals surface area contributed by atoms with Crippen LogP contribution in [0.1, 0.15) is 38.7 Å². The van der Waals surface area contributed by atoms with Gasteiger partial charge in [-0.25, -0.2) is 9.79 Å². The van der Waals surface area contributed by atoms with Gasteiger partial charge in [-0.15, -0.1) is 24.0 Å². The predicted octanol–water partition coefficient (Wildman–Crippen LogP) is 3.30. The minimum absolute atomic E-state index is 0. The lowest BCUT2D eigenvalue weighted by molar-refractivity contribution is 0.0963. The molecule has 1 aliphatic heterocycles. The number of halogens is 1. The molecule has 7 nitrogen and oxygen atoms in total. The summed E-state index contributed by atoms with van der Waals surface area (Å²) in [6.07, 6.45) is 2.25. The van der Waals surface area contributed by atoms with Gasteiger partial charge in [0.2, 0.25) is 0 Å². The third-order valence-corrected chi connectivity index (χ3v) is 4.59. The van der Waals surface area contributed by atoms with Crippen molar-refractivity contribution >= 4 is 36.0 Å². The Kier molecular flexibility index (Phi) is 11.0. The number of ether oxygens (including phenoxy) is 2. The highest BCUT2D eigenvalue weighted by molar-refractivity contribution is 14.0. The average molecular weight is 504 g/mol. The Balaban J connectivity index is 0.00000392. The van der Waals surface area contributed by atoms with Crippen molar-refractivity contribution in [1.82, 2.24) is 10.2 Å². The first-order chi connectivity index (χ1) is 13.0. The Hall–Kier alpha value is -1.71. The predicted molar refractivity (Wildman–Crippen MR) is 123 cm³/mol. The van der Waals surface area contributed by atoms with Gasteiger partial charge in [-0.1, -0.05) is 19.1 Å². The van der Waals surface area contributed by atoms with Gasteiger partial charge in [0, 0.05) is 19.1 Å². The molecule has 3 N–H and O–H groups in total. The van der Waals surface area contributed by atoms with Crippen molar-refractivity contribution in [1.29, 1.82) is 0 Å². The normalized spacial score (nSPS) is 16.1. The van der Waals surface area contributed by atoms with E-state index in [1.54, 1.807) is 4.90 Å². The minimum atomic E-state index is -0.239. The highest BCUT2D eigenvalue weighted by atomic mass is 127. The summed E-state index contributed by atoms with van der Waals surface area (Å²) in [5.74, 6) is 1.28. The Bertz CT molecular complexity index is 634. The summed E-state index contributed by atoms with van der Waals surface area (Å²) in [5, 5.41) is 3.26. The molecule has 0 bridgehead atoms. The number of carbonyl (C=O) groups excluding carboxylic acids is 1. The van der Waals surface area contributed by atoms with Gasteiger partial charge < -0.3 is 25.4 Å². The fourth-order valence-electron chi connectivity index (χ4n) is 3.01. The van der Waals surface area contributed by atoms with E-state index in [2.05, 4.69) is 17.2 Å². The Labute approximate surface area is 185 Å². The van der Waals surface area contributed by atoms with Gasteiger partial charge in [-0.2, -0.15) is 0 Å². The maximum Gasteiger partial charge on any atom is 0.409 e. The van der Waals surface area contributed by atoms with E-state index in [-0.39, 0.29) is 42.2 Å². The average Bonchev–Trinajstić information content (AvgIpc) is 2.66. The van der Waals surface area contributed by atoms with E-state index in [9.17, 15) is 4.79 Å². The van der Waals surface area contributed by atoms with E-state index in [0.717, 1.165) is 25.0 Å². The largest absolute Gasteiger partial charge is 0.489 e. The van der Waals surface area contributed by atoms with Crippen LogP contribution in [-0.4, -0.2) is 55.3 Å². The van der Waals surface area contributed by atoms with Gasteiger partial charge in [0.25, 0.3) is 0 Å². The number of benzene rings is 1. The number of aryl methyl sites for hydroxylation is 1. The summed E-state index contributed by atoms with van der Waals surface area (Å²) < 4.78 is 11.0. The zero-order valence-corrected chi connectivity index (χ0v) is 19.3. The number of piperidine rings is 1. The first-order valence-corrected chi connectivity index (χ1v) is 9.73. The Morgan fingerprint density at radius 1 is 1.36 bits per heavy atom. The summed E-state index contributed by atoms with van der Waals surface area (Å²) >= 11 is 0. The molecule has 2 rings (SSSR count). The van der Waals surface area contributed by atoms with E-state index in [4.69, 9.17) is 15.2 Å². The third kappa shape index (κ3) is 8.12. The molecule has 0 aliphatic carbocycles. The molecule has 1 heterocycles. The lowest BCUT2D eigenvalue weighted by Crippen LogP contribution is -2.48. The monoisotopic (exact) mass is 504 g/mol. The minimum Gasteiger partial charge on any atom is -0.489 e. The van der Waals surface area contributed by atoms with Crippen LogP contribution in [0.2, 0.25) is 0 Å². The van der Waals surface area contributed by atoms with Crippen LogP contribution >= 0.6 is 24.0 Å². The van der Waals surface area contributed by atoms with E-state index in [1.165, 1.54) is 5.56 Å². The fraction of sp³-hybridized carbons (Fsp3) is 0.600. The van der Waals surface area contributed by atoms with Gasteiger partial charge in [0.1, 0.15) is 11.9 Å². The first kappa shape index (κ1) is 24.3. The molecule has 28 heavy (non-hydrogen) atoms. The molecule has 0 radical (unpaired) electrons. The second-order valence-corrected chi connectivity index (χ2v) is 6.80. The highest BCUT2D eigenvalue weighted by Gasteiger charge is 2.23. The smallest absolute Gasteiger partial charge is 0.409 e. The van der Waals surface area contributed by atoms with Crippen LogP contribution in [0.4, 0.5) is 4.79 Å². The van der Waals surface area contributed by atoms with Crippen LogP contribution in [0, 0.1) is 6.92 Å². The Morgan fingerprint density at radius 3 is 2.68 bits per heavy atom. The lowest BCUT2D eigenvalue weighted by Gasteiger charge is -2.31. The number of nitrogens with one attached hydrogen (secondary N) is 1. The van der Waals surface area contributed by atoms with Gasteiger partial charge >= 0.3 is 6.09 Å². The quantitative estimate of drug-likeness (QED) is 0.338. The van der Waals surface area contributed by atoms with Crippen LogP contribution in [0.15, 0.2) is 29.3 Å². The molecule has 8 heteroatoms. The van der Waals surface area contributed by atoms with E-state index < -0.39 is 0 Å². The molecule has 1 atom stereocenters. The molecule has 1 amide bonds. The zero-order valence-electron chi connectivity index (χ0n) is 17.0. The maximum atomic E-state index is 11.7. The number of nitrogens with two attached hydrogens (primary N) is 1. The summed E-state index contributed by atoms with van der Waals surface area (Å²) in [4.78, 5) is 17.9. The van der Waals surface area contributed by atoms with Crippen molar-refractivity contribution < 1.29 is 14.3 Å². The van der Waals surface area contributed by atoms with E-state index in [1.807, 2.05) is 38.1 Å². The fourth-order valence-corrected chi connectivity index (χ4v) is 3.01. The summed E-state index contributed by atoms with van der Waals surface area (Å²) in [5.41, 5.74) is 7.21. The van der Waals surface area contributed by atoms with Gasteiger partial charge in [0.05, 0.1) is 13.2 Å². The molecule has 1 aliphatic rings. The number of nitrogens with zero attached hydrogens (tertiary/aromatic N) is 2. The number of hydrogen-bond donors (Lipinski definition) is 2. The summed E-state index contributed by atoms with van der Waals surface area (Å²) in [6, 6.07) is 8.22. The van der Waals surface area contributed by atoms with Crippen molar-refractivity contribution in [3.8, 4) is 5.75 Å². The van der Waals surface area contributed by atoms with Gasteiger partial charge in [-0.05, 0) is 50.8 Å². The van der Waals surface area contributed by atoms with E-state index in [0.29, 0.717) is 32.2 Å². The SMILES string of the molecule is CCOC(=O)N1CCC(NC(N)=NCC(CC)Oc2cccc(C)c2)CC1.I. The van der Waals surface area contributed by atoms with Gasteiger partial charge in [-0.3, -0.25) is 0 Å². The van der Waals surface area contributed by atoms with Crippen molar-refractivity contribution in [3.63, 3.8) is 0 Å². The number of carbonyl (C=O) groups is 1. The highest BCUT2D eigenvalue weighted by Crippen LogP contribution is 2.15. The molecule has 1 fully saturated rings. The van der Waals surface area contributed by atoms with Gasteiger partial charge in [0.15, 0.2) is 5.96 Å². The second kappa shape index (κ2) is 12.7. The number of likely N-dealkylation sites (tertiary alicyclic amines) is 1. The molecule has 1 aromatic carbocycles. The van der Waals surface area contributed by atoms with E-state index >= 15 is 0 Å². The summed E-state index contributed by atoms with van der Waals surface area (Å²) in [6.45, 7) is 8.17. The maximum absolute atomic E-state index is 11.7.